The van der Waals surface area contributed by atoms with Crippen molar-refractivity contribution in [3.63, 3.8) is 0 Å². The van der Waals surface area contributed by atoms with Crippen molar-refractivity contribution < 1.29 is 9.53 Å². The number of anilines is 1. The molecule has 1 aliphatic rings. The van der Waals surface area contributed by atoms with Gasteiger partial charge < -0.3 is 19.9 Å². The molecule has 2 aromatic heterocycles. The maximum Gasteiger partial charge on any atom is 0.224 e. The molecule has 0 aliphatic carbocycles. The van der Waals surface area contributed by atoms with Crippen LogP contribution in [0.5, 0.6) is 0 Å². The summed E-state index contributed by atoms with van der Waals surface area (Å²) in [6, 6.07) is 8.08. The summed E-state index contributed by atoms with van der Waals surface area (Å²) in [6.07, 6.45) is 0.371. The minimum Gasteiger partial charge on any atom is -0.378 e. The third kappa shape index (κ3) is 3.59. The zero-order valence-electron chi connectivity index (χ0n) is 14.7. The lowest BCUT2D eigenvalue weighted by molar-refractivity contribution is -0.120. The monoisotopic (exact) mass is 370 g/mol. The Bertz CT molecular complexity index is 911. The zero-order valence-corrected chi connectivity index (χ0v) is 15.6. The molecule has 7 heteroatoms. The number of aromatic nitrogens is 2. The maximum atomic E-state index is 12.4. The van der Waals surface area contributed by atoms with E-state index < -0.39 is 0 Å². The molecule has 1 saturated heterocycles. The molecule has 1 aliphatic heterocycles. The number of fused-ring (bicyclic) bond motifs is 1. The minimum atomic E-state index is 0.0128. The fourth-order valence-corrected chi connectivity index (χ4v) is 4.13. The van der Waals surface area contributed by atoms with E-state index >= 15 is 0 Å². The predicted molar refractivity (Wildman–Crippen MR) is 104 cm³/mol. The van der Waals surface area contributed by atoms with Gasteiger partial charge in [0.15, 0.2) is 5.13 Å². The van der Waals surface area contributed by atoms with Gasteiger partial charge in [0.2, 0.25) is 5.91 Å². The van der Waals surface area contributed by atoms with Gasteiger partial charge in [-0.2, -0.15) is 0 Å². The van der Waals surface area contributed by atoms with Crippen molar-refractivity contribution in [1.29, 1.82) is 0 Å². The van der Waals surface area contributed by atoms with Gasteiger partial charge in [-0.25, -0.2) is 4.98 Å². The zero-order chi connectivity index (χ0) is 17.9. The van der Waals surface area contributed by atoms with Gasteiger partial charge >= 0.3 is 0 Å². The molecular formula is C19H22N4O2S. The van der Waals surface area contributed by atoms with Crippen LogP contribution in [-0.4, -0.2) is 42.2 Å². The minimum absolute atomic E-state index is 0.0128. The Labute approximate surface area is 156 Å². The average molecular weight is 370 g/mol. The first-order valence-electron chi connectivity index (χ1n) is 8.80. The second-order valence-corrected chi connectivity index (χ2v) is 7.29. The first kappa shape index (κ1) is 17.1. The van der Waals surface area contributed by atoms with Crippen LogP contribution in [0.3, 0.4) is 0 Å². The molecule has 6 nitrogen and oxygen atoms in total. The third-order valence-electron chi connectivity index (χ3n) is 4.65. The number of hydrogen-bond acceptors (Lipinski definition) is 5. The van der Waals surface area contributed by atoms with Gasteiger partial charge in [-0.1, -0.05) is 18.2 Å². The number of aryl methyl sites for hydroxylation is 1. The van der Waals surface area contributed by atoms with Gasteiger partial charge in [0.1, 0.15) is 0 Å². The summed E-state index contributed by atoms with van der Waals surface area (Å²) in [4.78, 5) is 22.6. The van der Waals surface area contributed by atoms with E-state index in [1.807, 2.05) is 30.5 Å². The first-order chi connectivity index (χ1) is 12.7. The van der Waals surface area contributed by atoms with Crippen LogP contribution in [0.1, 0.15) is 17.0 Å². The van der Waals surface area contributed by atoms with Gasteiger partial charge in [-0.05, 0) is 18.6 Å². The van der Waals surface area contributed by atoms with E-state index in [-0.39, 0.29) is 5.91 Å². The molecule has 26 heavy (non-hydrogen) atoms. The molecule has 3 heterocycles. The van der Waals surface area contributed by atoms with E-state index in [9.17, 15) is 4.79 Å². The van der Waals surface area contributed by atoms with Crippen LogP contribution >= 0.6 is 11.3 Å². The van der Waals surface area contributed by atoms with Crippen LogP contribution in [0.2, 0.25) is 0 Å². The number of nitrogens with zero attached hydrogens (tertiary/aromatic N) is 2. The average Bonchev–Trinajstić information content (AvgIpc) is 3.26. The van der Waals surface area contributed by atoms with Crippen molar-refractivity contribution >= 4 is 33.3 Å². The smallest absolute Gasteiger partial charge is 0.224 e. The molecule has 2 N–H and O–H groups in total. The SMILES string of the molecule is Cc1[nH]c2ccccc2c1CC(=O)NCc1csc(N2CCOCC2)n1. The number of morpholine rings is 1. The molecule has 0 radical (unpaired) electrons. The van der Waals surface area contributed by atoms with Gasteiger partial charge in [-0.3, -0.25) is 4.79 Å². The molecule has 1 aromatic carbocycles. The van der Waals surface area contributed by atoms with E-state index in [0.717, 1.165) is 59.3 Å². The number of ether oxygens (including phenoxy) is 1. The predicted octanol–water partition coefficient (Wildman–Crippen LogP) is 2.63. The van der Waals surface area contributed by atoms with Crippen LogP contribution < -0.4 is 10.2 Å². The van der Waals surface area contributed by atoms with Crippen molar-refractivity contribution in [2.24, 2.45) is 0 Å². The fraction of sp³-hybridized carbons (Fsp3) is 0.368. The number of rotatable bonds is 5. The number of thiazole rings is 1. The largest absolute Gasteiger partial charge is 0.378 e. The van der Waals surface area contributed by atoms with Crippen molar-refractivity contribution in [3.05, 3.63) is 46.6 Å². The van der Waals surface area contributed by atoms with Gasteiger partial charge in [0.25, 0.3) is 0 Å². The lowest BCUT2D eigenvalue weighted by Crippen LogP contribution is -2.36. The Balaban J connectivity index is 1.36. The van der Waals surface area contributed by atoms with E-state index in [1.54, 1.807) is 11.3 Å². The highest BCUT2D eigenvalue weighted by molar-refractivity contribution is 7.13. The number of nitrogens with one attached hydrogen (secondary N) is 2. The Morgan fingerprint density at radius 2 is 2.15 bits per heavy atom. The summed E-state index contributed by atoms with van der Waals surface area (Å²) in [5.74, 6) is 0.0128. The van der Waals surface area contributed by atoms with Crippen molar-refractivity contribution in [2.75, 3.05) is 31.2 Å². The topological polar surface area (TPSA) is 70.2 Å². The molecule has 4 rings (SSSR count). The van der Waals surface area contributed by atoms with Gasteiger partial charge in [0.05, 0.1) is 31.9 Å². The van der Waals surface area contributed by atoms with Crippen molar-refractivity contribution in [1.82, 2.24) is 15.3 Å². The fourth-order valence-electron chi connectivity index (χ4n) is 3.25. The summed E-state index contributed by atoms with van der Waals surface area (Å²) >= 11 is 1.62. The number of amides is 1. The number of carbonyl (C=O) groups is 1. The maximum absolute atomic E-state index is 12.4. The molecule has 3 aromatic rings. The molecule has 1 amide bonds. The van der Waals surface area contributed by atoms with E-state index in [2.05, 4.69) is 26.3 Å². The number of hydrogen-bond donors (Lipinski definition) is 2. The van der Waals surface area contributed by atoms with Crippen LogP contribution in [0, 0.1) is 6.92 Å². The summed E-state index contributed by atoms with van der Waals surface area (Å²) in [5.41, 5.74) is 4.08. The lowest BCUT2D eigenvalue weighted by atomic mass is 10.1. The highest BCUT2D eigenvalue weighted by atomic mass is 32.1. The van der Waals surface area contributed by atoms with E-state index in [1.165, 1.54) is 0 Å². The van der Waals surface area contributed by atoms with Crippen LogP contribution in [0.15, 0.2) is 29.6 Å². The molecule has 0 spiro atoms. The van der Waals surface area contributed by atoms with Gasteiger partial charge in [-0.15, -0.1) is 11.3 Å². The molecule has 0 unspecified atom stereocenters. The molecule has 1 fully saturated rings. The summed E-state index contributed by atoms with van der Waals surface area (Å²) in [6.45, 7) is 5.71. The van der Waals surface area contributed by atoms with Crippen LogP contribution in [0.25, 0.3) is 10.9 Å². The molecular weight excluding hydrogens is 348 g/mol. The first-order valence-corrected chi connectivity index (χ1v) is 9.68. The van der Waals surface area contributed by atoms with E-state index in [0.29, 0.717) is 13.0 Å². The number of aromatic amines is 1. The second-order valence-electron chi connectivity index (χ2n) is 6.45. The quantitative estimate of drug-likeness (QED) is 0.724. The second kappa shape index (κ2) is 7.47. The lowest BCUT2D eigenvalue weighted by Gasteiger charge is -2.26. The summed E-state index contributed by atoms with van der Waals surface area (Å²) in [7, 11) is 0. The van der Waals surface area contributed by atoms with Crippen molar-refractivity contribution in [2.45, 2.75) is 19.9 Å². The molecule has 0 bridgehead atoms. The number of H-pyrrole nitrogens is 1. The number of benzene rings is 1. The van der Waals surface area contributed by atoms with Crippen LogP contribution in [-0.2, 0) is 22.5 Å². The molecule has 136 valence electrons. The Morgan fingerprint density at radius 3 is 3.00 bits per heavy atom. The Kier molecular flexibility index (Phi) is 4.90. The molecule has 0 saturated carbocycles. The number of para-hydroxylation sites is 1. The third-order valence-corrected chi connectivity index (χ3v) is 5.60. The van der Waals surface area contributed by atoms with E-state index in [4.69, 9.17) is 4.74 Å². The Morgan fingerprint density at radius 1 is 1.35 bits per heavy atom. The standard InChI is InChI=1S/C19H22N4O2S/c1-13-16(15-4-2-3-5-17(15)21-13)10-18(24)20-11-14-12-26-19(22-14)23-6-8-25-9-7-23/h2-5,12,21H,6-11H2,1H3,(H,20,24). The summed E-state index contributed by atoms with van der Waals surface area (Å²) in [5, 5.41) is 7.13. The van der Waals surface area contributed by atoms with Crippen LogP contribution in [0.4, 0.5) is 5.13 Å². The normalized spacial score (nSPS) is 14.7. The highest BCUT2D eigenvalue weighted by Gasteiger charge is 2.16. The molecule has 0 atom stereocenters. The Hall–Kier alpha value is -2.38. The van der Waals surface area contributed by atoms with Gasteiger partial charge in [0, 0.05) is 35.1 Å². The number of carbonyl (C=O) groups excluding carboxylic acids is 1. The summed E-state index contributed by atoms with van der Waals surface area (Å²) < 4.78 is 5.37. The highest BCUT2D eigenvalue weighted by Crippen LogP contribution is 2.23. The van der Waals surface area contributed by atoms with Crippen molar-refractivity contribution in [3.8, 4) is 0 Å².